The third-order valence-electron chi connectivity index (χ3n) is 20.0. The average Bonchev–Trinajstić information content (AvgIpc) is 0.908. The van der Waals surface area contributed by atoms with E-state index in [9.17, 15) is 43.2 Å². The molecule has 6 atom stereocenters. The number of rotatable bonds is 82. The van der Waals surface area contributed by atoms with Crippen molar-refractivity contribution in [2.24, 2.45) is 17.8 Å². The highest BCUT2D eigenvalue weighted by Crippen LogP contribution is 2.45. The Kier molecular flexibility index (Phi) is 72.8. The molecule has 0 heterocycles. The number of ether oxygens (including phenoxy) is 4. The van der Waals surface area contributed by atoms with Gasteiger partial charge in [0.15, 0.2) is 12.2 Å². The van der Waals surface area contributed by atoms with Gasteiger partial charge in [-0.15, -0.1) is 0 Å². The van der Waals surface area contributed by atoms with Crippen LogP contribution in [-0.2, 0) is 65.4 Å². The molecular formula is C84H164O17P2. The molecule has 0 aromatic carbocycles. The molecule has 0 aromatic rings. The Morgan fingerprint density at radius 3 is 0.738 bits per heavy atom. The number of phosphoric acid groups is 2. The van der Waals surface area contributed by atoms with E-state index < -0.39 is 97.5 Å². The summed E-state index contributed by atoms with van der Waals surface area (Å²) in [5, 5.41) is 10.6. The van der Waals surface area contributed by atoms with Gasteiger partial charge >= 0.3 is 39.5 Å². The van der Waals surface area contributed by atoms with Crippen molar-refractivity contribution in [3.05, 3.63) is 0 Å². The molecule has 103 heavy (non-hydrogen) atoms. The van der Waals surface area contributed by atoms with Crippen molar-refractivity contribution in [2.75, 3.05) is 39.6 Å². The van der Waals surface area contributed by atoms with Gasteiger partial charge in [0.2, 0.25) is 0 Å². The summed E-state index contributed by atoms with van der Waals surface area (Å²) in [6.07, 6.45) is 64.0. The Hall–Kier alpha value is -1.94. The molecule has 3 N–H and O–H groups in total. The van der Waals surface area contributed by atoms with E-state index >= 15 is 0 Å². The molecule has 0 bridgehead atoms. The number of hydrogen-bond acceptors (Lipinski definition) is 15. The molecule has 0 fully saturated rings. The van der Waals surface area contributed by atoms with Gasteiger partial charge in [-0.2, -0.15) is 0 Å². The monoisotopic (exact) mass is 1510 g/mol. The predicted octanol–water partition coefficient (Wildman–Crippen LogP) is 25.3. The minimum Gasteiger partial charge on any atom is -0.462 e. The Labute approximate surface area is 632 Å². The zero-order valence-electron chi connectivity index (χ0n) is 67.8. The number of aliphatic hydroxyl groups is 1. The molecule has 0 aliphatic rings. The van der Waals surface area contributed by atoms with E-state index in [4.69, 9.17) is 37.0 Å². The zero-order valence-corrected chi connectivity index (χ0v) is 69.6. The van der Waals surface area contributed by atoms with Gasteiger partial charge in [0.25, 0.3) is 0 Å². The van der Waals surface area contributed by atoms with Crippen LogP contribution in [0.4, 0.5) is 0 Å². The highest BCUT2D eigenvalue weighted by Gasteiger charge is 2.30. The van der Waals surface area contributed by atoms with Gasteiger partial charge in [-0.25, -0.2) is 9.13 Å². The minimum atomic E-state index is -4.96. The maximum atomic E-state index is 13.1. The summed E-state index contributed by atoms with van der Waals surface area (Å²) >= 11 is 0. The van der Waals surface area contributed by atoms with Crippen LogP contribution >= 0.6 is 15.6 Å². The molecule has 0 aliphatic carbocycles. The number of hydrogen-bond donors (Lipinski definition) is 3. The van der Waals surface area contributed by atoms with Crippen LogP contribution in [0.5, 0.6) is 0 Å². The van der Waals surface area contributed by atoms with Gasteiger partial charge in [-0.05, 0) is 43.4 Å². The van der Waals surface area contributed by atoms with Gasteiger partial charge in [0.1, 0.15) is 19.3 Å². The van der Waals surface area contributed by atoms with Crippen molar-refractivity contribution < 1.29 is 80.2 Å². The Morgan fingerprint density at radius 2 is 0.495 bits per heavy atom. The lowest BCUT2D eigenvalue weighted by atomic mass is 9.99. The molecule has 0 aromatic heterocycles. The quantitative estimate of drug-likeness (QED) is 0.0222. The standard InChI is InChI=1S/C84H164O17P2/c1-8-10-11-12-41-51-58-65-81(86)94-71-79(100-83(88)67-61-54-47-40-34-28-22-20-24-30-36-43-49-56-63-76(5)6)73-98-102(90,91)96-69-78(85)70-97-103(92,93)99-74-80(72-95-82(87)66-59-52-45-38-32-26-21-19-23-29-35-42-48-55-62-75(3)4)101-84(89)68-60-53-46-39-33-27-18-16-14-13-15-17-25-31-37-44-50-57-64-77(7)9-2/h75-80,85H,8-74H2,1-7H3,(H,90,91)(H,92,93)/t77?,78-,79+,80+/m0/s1. The van der Waals surface area contributed by atoms with Crippen molar-refractivity contribution in [2.45, 2.75) is 458 Å². The summed E-state index contributed by atoms with van der Waals surface area (Å²) in [6.45, 7) is 12.0. The van der Waals surface area contributed by atoms with Crippen molar-refractivity contribution in [3.63, 3.8) is 0 Å². The summed E-state index contributed by atoms with van der Waals surface area (Å²) < 4.78 is 68.7. The van der Waals surface area contributed by atoms with E-state index in [1.54, 1.807) is 0 Å². The lowest BCUT2D eigenvalue weighted by molar-refractivity contribution is -0.161. The van der Waals surface area contributed by atoms with Crippen LogP contribution in [0.1, 0.15) is 440 Å². The first-order valence-corrected chi connectivity index (χ1v) is 46.4. The van der Waals surface area contributed by atoms with Crippen LogP contribution in [0.2, 0.25) is 0 Å². The first-order chi connectivity index (χ1) is 49.8. The number of unbranched alkanes of at least 4 members (excludes halogenated alkanes) is 49. The minimum absolute atomic E-state index is 0.107. The maximum absolute atomic E-state index is 13.1. The first-order valence-electron chi connectivity index (χ1n) is 43.4. The SMILES string of the molecule is CCCCCCCCCC(=O)OC[C@H](COP(=O)(O)OC[C@H](O)COP(=O)(O)OC[C@@H](COC(=O)CCCCCCCCCCCCCCCCC(C)C)OC(=O)CCCCCCCCCCCCCCCCCCCCC(C)CC)OC(=O)CCCCCCCCCCCCCCCCC(C)C. The molecule has 0 rings (SSSR count). The third kappa shape index (κ3) is 76.6. The van der Waals surface area contributed by atoms with Crippen LogP contribution in [0.25, 0.3) is 0 Å². The van der Waals surface area contributed by atoms with Crippen LogP contribution in [-0.4, -0.2) is 96.7 Å². The first kappa shape index (κ1) is 101. The Morgan fingerprint density at radius 1 is 0.282 bits per heavy atom. The Balaban J connectivity index is 5.16. The second-order valence-corrected chi connectivity index (χ2v) is 34.3. The van der Waals surface area contributed by atoms with Crippen LogP contribution < -0.4 is 0 Å². The maximum Gasteiger partial charge on any atom is 0.472 e. The van der Waals surface area contributed by atoms with Crippen molar-refractivity contribution in [1.82, 2.24) is 0 Å². The second-order valence-electron chi connectivity index (χ2n) is 31.4. The van der Waals surface area contributed by atoms with Crippen LogP contribution in [0.3, 0.4) is 0 Å². The molecule has 612 valence electrons. The summed E-state index contributed by atoms with van der Waals surface area (Å²) in [5.74, 6) is 0.354. The molecule has 0 spiro atoms. The fraction of sp³-hybridized carbons (Fsp3) is 0.952. The predicted molar refractivity (Wildman–Crippen MR) is 423 cm³/mol. The highest BCUT2D eigenvalue weighted by atomic mass is 31.2. The van der Waals surface area contributed by atoms with E-state index in [1.165, 1.54) is 238 Å². The van der Waals surface area contributed by atoms with Crippen LogP contribution in [0.15, 0.2) is 0 Å². The fourth-order valence-corrected chi connectivity index (χ4v) is 14.6. The number of phosphoric ester groups is 2. The molecule has 0 radical (unpaired) electrons. The zero-order chi connectivity index (χ0) is 75.8. The third-order valence-corrected chi connectivity index (χ3v) is 21.9. The number of carbonyl (C=O) groups excluding carboxylic acids is 4. The van der Waals surface area contributed by atoms with Crippen molar-refractivity contribution >= 4 is 39.5 Å². The summed E-state index contributed by atoms with van der Waals surface area (Å²) in [7, 11) is -9.92. The lowest BCUT2D eigenvalue weighted by Crippen LogP contribution is -2.30. The van der Waals surface area contributed by atoms with Crippen molar-refractivity contribution in [3.8, 4) is 0 Å². The van der Waals surface area contributed by atoms with Gasteiger partial charge in [-0.3, -0.25) is 37.3 Å². The highest BCUT2D eigenvalue weighted by molar-refractivity contribution is 7.47. The summed E-state index contributed by atoms with van der Waals surface area (Å²) in [4.78, 5) is 73.0. The largest absolute Gasteiger partial charge is 0.472 e. The molecule has 19 heteroatoms. The normalized spacial score (nSPS) is 14.2. The topological polar surface area (TPSA) is 237 Å². The summed E-state index contributed by atoms with van der Waals surface area (Å²) in [6, 6.07) is 0. The number of carbonyl (C=O) groups is 4. The Bertz CT molecular complexity index is 1990. The van der Waals surface area contributed by atoms with Gasteiger partial charge in [0.05, 0.1) is 26.4 Å². The molecule has 0 aliphatic heterocycles. The number of aliphatic hydroxyl groups excluding tert-OH is 1. The molecular weight excluding hydrogens is 1340 g/mol. The summed E-state index contributed by atoms with van der Waals surface area (Å²) in [5.41, 5.74) is 0. The van der Waals surface area contributed by atoms with E-state index in [0.717, 1.165) is 120 Å². The molecule has 0 saturated carbocycles. The smallest absolute Gasteiger partial charge is 0.462 e. The van der Waals surface area contributed by atoms with E-state index in [-0.39, 0.29) is 25.7 Å². The molecule has 17 nitrogen and oxygen atoms in total. The fourth-order valence-electron chi connectivity index (χ4n) is 13.0. The van der Waals surface area contributed by atoms with E-state index in [0.29, 0.717) is 25.7 Å². The van der Waals surface area contributed by atoms with Crippen molar-refractivity contribution in [1.29, 1.82) is 0 Å². The molecule has 0 saturated heterocycles. The lowest BCUT2D eigenvalue weighted by Gasteiger charge is -2.21. The van der Waals surface area contributed by atoms with Crippen LogP contribution in [0, 0.1) is 17.8 Å². The van der Waals surface area contributed by atoms with E-state index in [2.05, 4.69) is 48.5 Å². The number of esters is 4. The van der Waals surface area contributed by atoms with E-state index in [1.807, 2.05) is 0 Å². The second kappa shape index (κ2) is 74.2. The average molecular weight is 1510 g/mol. The van der Waals surface area contributed by atoms with Gasteiger partial charge < -0.3 is 33.8 Å². The van der Waals surface area contributed by atoms with Gasteiger partial charge in [0, 0.05) is 25.7 Å². The van der Waals surface area contributed by atoms with Gasteiger partial charge in [-0.1, -0.05) is 389 Å². The molecule has 0 amide bonds. The molecule has 3 unspecified atom stereocenters.